The highest BCUT2D eigenvalue weighted by molar-refractivity contribution is 6.31. The van der Waals surface area contributed by atoms with Crippen LogP contribution < -0.4 is 5.32 Å². The summed E-state index contributed by atoms with van der Waals surface area (Å²) in [5.41, 5.74) is 0.655. The number of amides is 1. The Kier molecular flexibility index (Phi) is 4.72. The Balaban J connectivity index is 1.33. The molecular formula is C21H26ClNO3. The number of carbonyl (C=O) groups is 2. The first-order valence-electron chi connectivity index (χ1n) is 9.67. The molecule has 5 heteroatoms. The minimum atomic E-state index is -0.780. The molecule has 140 valence electrons. The zero-order chi connectivity index (χ0) is 18.3. The molecule has 4 bridgehead atoms. The number of halogens is 1. The fraction of sp³-hybridized carbons (Fsp3) is 0.619. The lowest BCUT2D eigenvalue weighted by Crippen LogP contribution is -2.61. The van der Waals surface area contributed by atoms with Crippen molar-refractivity contribution in [3.8, 4) is 0 Å². The summed E-state index contributed by atoms with van der Waals surface area (Å²) in [6.45, 7) is 1.65. The summed E-state index contributed by atoms with van der Waals surface area (Å²) in [6, 6.07) is 7.19. The summed E-state index contributed by atoms with van der Waals surface area (Å²) < 4.78 is 5.38. The normalized spacial score (nSPS) is 32.9. The predicted octanol–water partition coefficient (Wildman–Crippen LogP) is 3.90. The number of esters is 1. The van der Waals surface area contributed by atoms with Crippen LogP contribution in [0.2, 0.25) is 5.02 Å². The van der Waals surface area contributed by atoms with E-state index in [1.807, 2.05) is 12.1 Å². The van der Waals surface area contributed by atoms with E-state index in [2.05, 4.69) is 5.32 Å². The lowest BCUT2D eigenvalue weighted by Gasteiger charge is -2.57. The van der Waals surface area contributed by atoms with E-state index in [-0.39, 0.29) is 17.9 Å². The van der Waals surface area contributed by atoms with E-state index in [4.69, 9.17) is 16.3 Å². The third-order valence-corrected chi connectivity index (χ3v) is 6.77. The van der Waals surface area contributed by atoms with Crippen molar-refractivity contribution in [2.24, 2.45) is 17.8 Å². The van der Waals surface area contributed by atoms with E-state index >= 15 is 0 Å². The zero-order valence-corrected chi connectivity index (χ0v) is 15.9. The molecule has 26 heavy (non-hydrogen) atoms. The van der Waals surface area contributed by atoms with Gasteiger partial charge in [0, 0.05) is 10.6 Å². The van der Waals surface area contributed by atoms with Crippen LogP contribution in [0.4, 0.5) is 0 Å². The van der Waals surface area contributed by atoms with Crippen LogP contribution >= 0.6 is 11.6 Å². The van der Waals surface area contributed by atoms with E-state index in [1.54, 1.807) is 19.1 Å². The Morgan fingerprint density at radius 2 is 1.73 bits per heavy atom. The second-order valence-electron chi connectivity index (χ2n) is 8.59. The van der Waals surface area contributed by atoms with Gasteiger partial charge in [-0.25, -0.2) is 0 Å². The molecule has 4 aliphatic rings. The Morgan fingerprint density at radius 1 is 1.15 bits per heavy atom. The Bertz CT molecular complexity index is 682. The van der Waals surface area contributed by atoms with Gasteiger partial charge in [-0.15, -0.1) is 0 Å². The van der Waals surface area contributed by atoms with Crippen LogP contribution in [0, 0.1) is 17.8 Å². The fourth-order valence-electron chi connectivity index (χ4n) is 5.72. The minimum Gasteiger partial charge on any atom is -0.452 e. The maximum Gasteiger partial charge on any atom is 0.311 e. The largest absolute Gasteiger partial charge is 0.452 e. The third-order valence-electron chi connectivity index (χ3n) is 6.40. The molecule has 1 atom stereocenters. The molecule has 4 aliphatic carbocycles. The van der Waals surface area contributed by atoms with Crippen molar-refractivity contribution in [1.29, 1.82) is 0 Å². The van der Waals surface area contributed by atoms with Gasteiger partial charge < -0.3 is 10.1 Å². The van der Waals surface area contributed by atoms with Gasteiger partial charge in [-0.3, -0.25) is 9.59 Å². The lowest BCUT2D eigenvalue weighted by molar-refractivity contribution is -0.156. The van der Waals surface area contributed by atoms with Gasteiger partial charge in [-0.05, 0) is 74.8 Å². The molecule has 4 saturated carbocycles. The van der Waals surface area contributed by atoms with E-state index in [0.29, 0.717) is 10.6 Å². The van der Waals surface area contributed by atoms with Crippen LogP contribution in [0.1, 0.15) is 51.0 Å². The van der Waals surface area contributed by atoms with Crippen molar-refractivity contribution in [2.45, 2.75) is 63.5 Å². The average molecular weight is 376 g/mol. The maximum atomic E-state index is 12.7. The summed E-state index contributed by atoms with van der Waals surface area (Å²) >= 11 is 6.08. The molecule has 0 aliphatic heterocycles. The van der Waals surface area contributed by atoms with Crippen molar-refractivity contribution in [1.82, 2.24) is 5.32 Å². The Morgan fingerprint density at radius 3 is 2.31 bits per heavy atom. The number of nitrogens with one attached hydrogen (secondary N) is 1. The second kappa shape index (κ2) is 6.88. The highest BCUT2D eigenvalue weighted by Gasteiger charge is 2.51. The number of benzene rings is 1. The zero-order valence-electron chi connectivity index (χ0n) is 15.2. The van der Waals surface area contributed by atoms with Gasteiger partial charge in [0.15, 0.2) is 6.10 Å². The number of hydrogen-bond donors (Lipinski definition) is 1. The molecule has 0 radical (unpaired) electrons. The van der Waals surface area contributed by atoms with Crippen LogP contribution in [-0.4, -0.2) is 23.5 Å². The molecule has 0 unspecified atom stereocenters. The smallest absolute Gasteiger partial charge is 0.311 e. The van der Waals surface area contributed by atoms with E-state index in [9.17, 15) is 9.59 Å². The molecule has 4 nitrogen and oxygen atoms in total. The first-order valence-corrected chi connectivity index (χ1v) is 10.1. The molecule has 1 aromatic carbocycles. The highest BCUT2D eigenvalue weighted by atomic mass is 35.5. The van der Waals surface area contributed by atoms with Crippen LogP contribution in [0.15, 0.2) is 24.3 Å². The van der Waals surface area contributed by atoms with Gasteiger partial charge in [0.25, 0.3) is 5.91 Å². The van der Waals surface area contributed by atoms with E-state index < -0.39 is 12.1 Å². The first kappa shape index (κ1) is 17.8. The molecule has 0 heterocycles. The van der Waals surface area contributed by atoms with Crippen LogP contribution in [0.3, 0.4) is 0 Å². The monoisotopic (exact) mass is 375 g/mol. The highest BCUT2D eigenvalue weighted by Crippen LogP contribution is 2.55. The van der Waals surface area contributed by atoms with Crippen molar-refractivity contribution < 1.29 is 14.3 Å². The van der Waals surface area contributed by atoms with E-state index in [0.717, 1.165) is 37.0 Å². The fourth-order valence-corrected chi connectivity index (χ4v) is 5.92. The Hall–Kier alpha value is -1.55. The Labute approximate surface area is 159 Å². The van der Waals surface area contributed by atoms with Gasteiger partial charge in [-0.2, -0.15) is 0 Å². The summed E-state index contributed by atoms with van der Waals surface area (Å²) in [4.78, 5) is 24.9. The number of carbonyl (C=O) groups excluding carboxylic acids is 2. The van der Waals surface area contributed by atoms with Crippen molar-refractivity contribution in [3.05, 3.63) is 34.9 Å². The summed E-state index contributed by atoms with van der Waals surface area (Å²) in [7, 11) is 0. The standard InChI is InChI=1S/C21H26ClNO3/c1-13(26-19(24)9-17-4-2-3-5-18(17)22)20(25)23-21-10-14-6-15(11-21)8-16(7-14)12-21/h2-5,13-16H,6-12H2,1H3,(H,23,25)/t13-,14?,15?,16?,21?/m1/s1. The van der Waals surface area contributed by atoms with Crippen molar-refractivity contribution >= 4 is 23.5 Å². The number of hydrogen-bond acceptors (Lipinski definition) is 3. The molecule has 0 aromatic heterocycles. The van der Waals surface area contributed by atoms with Gasteiger partial charge in [0.2, 0.25) is 0 Å². The van der Waals surface area contributed by atoms with Gasteiger partial charge in [-0.1, -0.05) is 29.8 Å². The van der Waals surface area contributed by atoms with Crippen molar-refractivity contribution in [2.75, 3.05) is 0 Å². The molecule has 1 aromatic rings. The number of rotatable bonds is 5. The number of ether oxygens (including phenoxy) is 1. The quantitative estimate of drug-likeness (QED) is 0.794. The molecule has 1 amide bonds. The molecule has 1 N–H and O–H groups in total. The van der Waals surface area contributed by atoms with Gasteiger partial charge in [0.05, 0.1) is 6.42 Å². The topological polar surface area (TPSA) is 55.4 Å². The summed E-state index contributed by atoms with van der Waals surface area (Å²) in [6.07, 6.45) is 6.56. The lowest BCUT2D eigenvalue weighted by atomic mass is 9.53. The molecule has 4 fully saturated rings. The van der Waals surface area contributed by atoms with Crippen LogP contribution in [-0.2, 0) is 20.7 Å². The molecule has 5 rings (SSSR count). The molecular weight excluding hydrogens is 350 g/mol. The predicted molar refractivity (Wildman–Crippen MR) is 99.8 cm³/mol. The van der Waals surface area contributed by atoms with Crippen molar-refractivity contribution in [3.63, 3.8) is 0 Å². The van der Waals surface area contributed by atoms with E-state index in [1.165, 1.54) is 19.3 Å². The first-order chi connectivity index (χ1) is 12.4. The average Bonchev–Trinajstić information content (AvgIpc) is 2.55. The second-order valence-corrected chi connectivity index (χ2v) is 8.99. The molecule has 0 spiro atoms. The third kappa shape index (κ3) is 3.62. The van der Waals surface area contributed by atoms with Gasteiger partial charge >= 0.3 is 5.97 Å². The van der Waals surface area contributed by atoms with Gasteiger partial charge in [0.1, 0.15) is 0 Å². The van der Waals surface area contributed by atoms with Crippen LogP contribution in [0.5, 0.6) is 0 Å². The maximum absolute atomic E-state index is 12.7. The van der Waals surface area contributed by atoms with Crippen LogP contribution in [0.25, 0.3) is 0 Å². The summed E-state index contributed by atoms with van der Waals surface area (Å²) in [5.74, 6) is 1.70. The minimum absolute atomic E-state index is 0.0603. The molecule has 0 saturated heterocycles. The SMILES string of the molecule is C[C@@H](OC(=O)Cc1ccccc1Cl)C(=O)NC12CC3CC(CC(C3)C1)C2. The summed E-state index contributed by atoms with van der Waals surface area (Å²) in [5, 5.41) is 3.80.